The van der Waals surface area contributed by atoms with Crippen LogP contribution in [0.3, 0.4) is 0 Å². The second-order valence-corrected chi connectivity index (χ2v) is 6.06. The summed E-state index contributed by atoms with van der Waals surface area (Å²) in [6, 6.07) is 7.75. The van der Waals surface area contributed by atoms with Gasteiger partial charge in [-0.05, 0) is 18.1 Å². The summed E-state index contributed by atoms with van der Waals surface area (Å²) in [7, 11) is 5.41. The number of carbonyl (C=O) groups excluding carboxylic acids is 1. The lowest BCUT2D eigenvalue weighted by molar-refractivity contribution is -0.127. The van der Waals surface area contributed by atoms with Gasteiger partial charge >= 0.3 is 0 Å². The van der Waals surface area contributed by atoms with Gasteiger partial charge in [-0.1, -0.05) is 43.1 Å². The molecule has 0 atom stereocenters. The second-order valence-electron chi connectivity index (χ2n) is 5.66. The molecule has 1 N–H and O–H groups in total. The number of aliphatic imine (C=N–C) groups is 1. The number of hydrogen-bond donors (Lipinski definition) is 1. The largest absolute Gasteiger partial charge is 0.356 e. The van der Waals surface area contributed by atoms with Crippen LogP contribution in [0.5, 0.6) is 0 Å². The number of halogens is 1. The van der Waals surface area contributed by atoms with Crippen molar-refractivity contribution in [3.63, 3.8) is 0 Å². The first-order valence-corrected chi connectivity index (χ1v) is 8.26. The Bertz CT molecular complexity index is 531. The van der Waals surface area contributed by atoms with Crippen molar-refractivity contribution >= 4 is 23.5 Å². The maximum absolute atomic E-state index is 11.8. The van der Waals surface area contributed by atoms with E-state index in [4.69, 9.17) is 11.6 Å². The molecule has 23 heavy (non-hydrogen) atoms. The number of benzene rings is 1. The summed E-state index contributed by atoms with van der Waals surface area (Å²) in [5.41, 5.74) is 1.03. The van der Waals surface area contributed by atoms with E-state index in [9.17, 15) is 4.79 Å². The van der Waals surface area contributed by atoms with Gasteiger partial charge in [0, 0.05) is 39.3 Å². The Morgan fingerprint density at radius 3 is 2.57 bits per heavy atom. The number of amides is 1. The molecule has 0 radical (unpaired) electrons. The standard InChI is InChI=1S/C17H27ClN4O/c1-5-6-11-19-17(20-12-16(23)21(2)3)22(4)13-14-9-7-8-10-15(14)18/h7-10H,5-6,11-13H2,1-4H3,(H,19,20). The SMILES string of the molecule is CCCCNC(=NCC(=O)N(C)C)N(C)Cc1ccccc1Cl. The van der Waals surface area contributed by atoms with Gasteiger partial charge in [0.25, 0.3) is 0 Å². The Balaban J connectivity index is 2.78. The monoisotopic (exact) mass is 338 g/mol. The number of likely N-dealkylation sites (N-methyl/N-ethyl adjacent to an activating group) is 1. The molecule has 0 saturated heterocycles. The lowest BCUT2D eigenvalue weighted by Gasteiger charge is -2.23. The number of carbonyl (C=O) groups is 1. The molecule has 1 amide bonds. The molecule has 5 nitrogen and oxygen atoms in total. The van der Waals surface area contributed by atoms with E-state index in [0.717, 1.165) is 30.0 Å². The van der Waals surface area contributed by atoms with E-state index in [0.29, 0.717) is 12.5 Å². The van der Waals surface area contributed by atoms with Crippen LogP contribution >= 0.6 is 11.6 Å². The Labute approximate surface area is 144 Å². The van der Waals surface area contributed by atoms with Crippen molar-refractivity contribution in [2.45, 2.75) is 26.3 Å². The minimum atomic E-state index is -0.0223. The molecular weight excluding hydrogens is 312 g/mol. The van der Waals surface area contributed by atoms with Gasteiger partial charge in [-0.15, -0.1) is 0 Å². The lowest BCUT2D eigenvalue weighted by atomic mass is 10.2. The number of unbranched alkanes of at least 4 members (excludes halogenated alkanes) is 1. The van der Waals surface area contributed by atoms with Crippen LogP contribution in [0, 0.1) is 0 Å². The van der Waals surface area contributed by atoms with E-state index in [1.165, 1.54) is 0 Å². The topological polar surface area (TPSA) is 47.9 Å². The Morgan fingerprint density at radius 2 is 1.96 bits per heavy atom. The molecular formula is C17H27ClN4O. The zero-order valence-electron chi connectivity index (χ0n) is 14.5. The molecule has 1 aromatic rings. The minimum Gasteiger partial charge on any atom is -0.356 e. The fraction of sp³-hybridized carbons (Fsp3) is 0.529. The van der Waals surface area contributed by atoms with Crippen LogP contribution in [0.4, 0.5) is 0 Å². The summed E-state index contributed by atoms with van der Waals surface area (Å²) in [6.07, 6.45) is 2.16. The molecule has 0 heterocycles. The van der Waals surface area contributed by atoms with Crippen LogP contribution in [0.2, 0.25) is 5.02 Å². The highest BCUT2D eigenvalue weighted by molar-refractivity contribution is 6.31. The minimum absolute atomic E-state index is 0.0223. The fourth-order valence-electron chi connectivity index (χ4n) is 1.93. The smallest absolute Gasteiger partial charge is 0.243 e. The molecule has 0 aliphatic rings. The first kappa shape index (κ1) is 19.3. The second kappa shape index (κ2) is 10.1. The quantitative estimate of drug-likeness (QED) is 0.472. The summed E-state index contributed by atoms with van der Waals surface area (Å²) < 4.78 is 0. The van der Waals surface area contributed by atoms with Crippen LogP contribution in [-0.4, -0.2) is 55.9 Å². The van der Waals surface area contributed by atoms with Gasteiger partial charge in [-0.3, -0.25) is 4.79 Å². The highest BCUT2D eigenvalue weighted by Crippen LogP contribution is 2.16. The van der Waals surface area contributed by atoms with Crippen molar-refractivity contribution in [1.82, 2.24) is 15.1 Å². The fourth-order valence-corrected chi connectivity index (χ4v) is 2.12. The molecule has 1 rings (SSSR count). The molecule has 0 fully saturated rings. The maximum Gasteiger partial charge on any atom is 0.243 e. The Hall–Kier alpha value is -1.75. The molecule has 0 spiro atoms. The van der Waals surface area contributed by atoms with Crippen molar-refractivity contribution in [2.24, 2.45) is 4.99 Å². The summed E-state index contributed by atoms with van der Waals surface area (Å²) in [5, 5.41) is 4.05. The summed E-state index contributed by atoms with van der Waals surface area (Å²) >= 11 is 6.22. The van der Waals surface area contributed by atoms with E-state index in [-0.39, 0.29) is 12.5 Å². The van der Waals surface area contributed by atoms with Crippen LogP contribution in [0.15, 0.2) is 29.3 Å². The van der Waals surface area contributed by atoms with Gasteiger partial charge in [0.15, 0.2) is 5.96 Å². The van der Waals surface area contributed by atoms with Crippen LogP contribution in [-0.2, 0) is 11.3 Å². The summed E-state index contributed by atoms with van der Waals surface area (Å²) in [4.78, 5) is 19.7. The van der Waals surface area contributed by atoms with Gasteiger partial charge in [0.05, 0.1) is 0 Å². The van der Waals surface area contributed by atoms with Gasteiger partial charge in [-0.25, -0.2) is 4.99 Å². The van der Waals surface area contributed by atoms with E-state index >= 15 is 0 Å². The third-order valence-corrected chi connectivity index (χ3v) is 3.77. The highest BCUT2D eigenvalue weighted by atomic mass is 35.5. The molecule has 0 aromatic heterocycles. The van der Waals surface area contributed by atoms with Crippen molar-refractivity contribution in [2.75, 3.05) is 34.2 Å². The van der Waals surface area contributed by atoms with Crippen LogP contribution in [0.25, 0.3) is 0 Å². The van der Waals surface area contributed by atoms with Gasteiger partial charge < -0.3 is 15.1 Å². The predicted octanol–water partition coefficient (Wildman–Crippen LogP) is 2.61. The first-order valence-electron chi connectivity index (χ1n) is 7.88. The van der Waals surface area contributed by atoms with Crippen LogP contribution < -0.4 is 5.32 Å². The normalized spacial score (nSPS) is 11.3. The van der Waals surface area contributed by atoms with Crippen molar-refractivity contribution in [1.29, 1.82) is 0 Å². The number of nitrogens with zero attached hydrogens (tertiary/aromatic N) is 3. The highest BCUT2D eigenvalue weighted by Gasteiger charge is 2.10. The molecule has 6 heteroatoms. The number of hydrogen-bond acceptors (Lipinski definition) is 2. The maximum atomic E-state index is 11.8. The third-order valence-electron chi connectivity index (χ3n) is 3.40. The summed E-state index contributed by atoms with van der Waals surface area (Å²) in [6.45, 7) is 3.74. The average molecular weight is 339 g/mol. The number of guanidine groups is 1. The molecule has 0 aliphatic heterocycles. The lowest BCUT2D eigenvalue weighted by Crippen LogP contribution is -2.40. The van der Waals surface area contributed by atoms with Gasteiger partial charge in [0.1, 0.15) is 6.54 Å². The molecule has 128 valence electrons. The van der Waals surface area contributed by atoms with E-state index in [1.54, 1.807) is 19.0 Å². The molecule has 0 unspecified atom stereocenters. The number of nitrogens with one attached hydrogen (secondary N) is 1. The molecule has 0 aliphatic carbocycles. The van der Waals surface area contributed by atoms with E-state index in [1.807, 2.05) is 36.2 Å². The number of rotatable bonds is 7. The van der Waals surface area contributed by atoms with Crippen LogP contribution in [0.1, 0.15) is 25.3 Å². The zero-order chi connectivity index (χ0) is 17.2. The summed E-state index contributed by atoms with van der Waals surface area (Å²) in [5.74, 6) is 0.694. The van der Waals surface area contributed by atoms with Gasteiger partial charge in [0.2, 0.25) is 5.91 Å². The first-order chi connectivity index (χ1) is 11.0. The van der Waals surface area contributed by atoms with Crippen molar-refractivity contribution in [3.8, 4) is 0 Å². The Kier molecular flexibility index (Phi) is 8.48. The van der Waals surface area contributed by atoms with Crippen molar-refractivity contribution < 1.29 is 4.79 Å². The van der Waals surface area contributed by atoms with Crippen molar-refractivity contribution in [3.05, 3.63) is 34.9 Å². The molecule has 0 bridgehead atoms. The third kappa shape index (κ3) is 6.91. The average Bonchev–Trinajstić information content (AvgIpc) is 2.52. The van der Waals surface area contributed by atoms with E-state index in [2.05, 4.69) is 17.2 Å². The Morgan fingerprint density at radius 1 is 1.26 bits per heavy atom. The van der Waals surface area contributed by atoms with E-state index < -0.39 is 0 Å². The van der Waals surface area contributed by atoms with Gasteiger partial charge in [-0.2, -0.15) is 0 Å². The predicted molar refractivity (Wildman–Crippen MR) is 96.8 cm³/mol. The zero-order valence-corrected chi connectivity index (χ0v) is 15.2. The molecule has 1 aromatic carbocycles. The molecule has 0 saturated carbocycles.